The molecular weight excluding hydrogens is 242 g/mol. The van der Waals surface area contributed by atoms with E-state index in [0.717, 1.165) is 30.2 Å². The lowest BCUT2D eigenvalue weighted by atomic mass is 10.2. The van der Waals surface area contributed by atoms with Gasteiger partial charge in [-0.05, 0) is 25.6 Å². The second-order valence-corrected chi connectivity index (χ2v) is 5.06. The van der Waals surface area contributed by atoms with Crippen LogP contribution in [0.2, 0.25) is 0 Å². The number of rotatable bonds is 6. The van der Waals surface area contributed by atoms with Gasteiger partial charge in [-0.15, -0.1) is 11.3 Å². The zero-order chi connectivity index (χ0) is 12.8. The molecule has 2 N–H and O–H groups in total. The molecule has 0 aliphatic rings. The molecular formula is C14H19N3S. The molecule has 1 aromatic heterocycles. The molecule has 1 heterocycles. The SMILES string of the molecule is CCN(Cc1csc(CCN)n1)c1ccccc1. The van der Waals surface area contributed by atoms with Gasteiger partial charge in [0.05, 0.1) is 17.2 Å². The highest BCUT2D eigenvalue weighted by Gasteiger charge is 2.07. The van der Waals surface area contributed by atoms with E-state index >= 15 is 0 Å². The summed E-state index contributed by atoms with van der Waals surface area (Å²) in [7, 11) is 0. The van der Waals surface area contributed by atoms with Crippen molar-refractivity contribution in [2.45, 2.75) is 19.9 Å². The molecule has 0 aliphatic heterocycles. The Morgan fingerprint density at radius 3 is 2.72 bits per heavy atom. The Balaban J connectivity index is 2.06. The molecule has 18 heavy (non-hydrogen) atoms. The summed E-state index contributed by atoms with van der Waals surface area (Å²) in [6.07, 6.45) is 0.877. The minimum atomic E-state index is 0.670. The second kappa shape index (κ2) is 6.52. The molecule has 0 saturated heterocycles. The molecule has 0 amide bonds. The fourth-order valence-electron chi connectivity index (χ4n) is 1.88. The Kier molecular flexibility index (Phi) is 4.73. The molecule has 2 aromatic rings. The minimum absolute atomic E-state index is 0.670. The van der Waals surface area contributed by atoms with Gasteiger partial charge in [-0.1, -0.05) is 18.2 Å². The van der Waals surface area contributed by atoms with E-state index in [1.807, 2.05) is 6.07 Å². The number of hydrogen-bond donors (Lipinski definition) is 1. The van der Waals surface area contributed by atoms with Crippen molar-refractivity contribution in [3.63, 3.8) is 0 Å². The summed E-state index contributed by atoms with van der Waals surface area (Å²) >= 11 is 1.70. The molecule has 2 rings (SSSR count). The van der Waals surface area contributed by atoms with E-state index in [-0.39, 0.29) is 0 Å². The number of benzene rings is 1. The van der Waals surface area contributed by atoms with Crippen molar-refractivity contribution in [1.82, 2.24) is 4.98 Å². The van der Waals surface area contributed by atoms with E-state index in [1.54, 1.807) is 11.3 Å². The van der Waals surface area contributed by atoms with Gasteiger partial charge in [0.2, 0.25) is 0 Å². The van der Waals surface area contributed by atoms with Crippen LogP contribution in [0, 0.1) is 0 Å². The third kappa shape index (κ3) is 3.31. The number of nitrogens with zero attached hydrogens (tertiary/aromatic N) is 2. The first-order chi connectivity index (χ1) is 8.83. The van der Waals surface area contributed by atoms with Crippen LogP contribution in [0.15, 0.2) is 35.7 Å². The fraction of sp³-hybridized carbons (Fsp3) is 0.357. The lowest BCUT2D eigenvalue weighted by Crippen LogP contribution is -2.22. The average molecular weight is 261 g/mol. The zero-order valence-electron chi connectivity index (χ0n) is 10.7. The summed E-state index contributed by atoms with van der Waals surface area (Å²) < 4.78 is 0. The van der Waals surface area contributed by atoms with Gasteiger partial charge in [-0.25, -0.2) is 4.98 Å². The number of anilines is 1. The van der Waals surface area contributed by atoms with Crippen LogP contribution < -0.4 is 10.6 Å². The smallest absolute Gasteiger partial charge is 0.0941 e. The summed E-state index contributed by atoms with van der Waals surface area (Å²) in [4.78, 5) is 6.93. The third-order valence-electron chi connectivity index (χ3n) is 2.81. The van der Waals surface area contributed by atoms with Gasteiger partial charge in [-0.3, -0.25) is 0 Å². The van der Waals surface area contributed by atoms with Gasteiger partial charge >= 0.3 is 0 Å². The molecule has 4 heteroatoms. The van der Waals surface area contributed by atoms with Gasteiger partial charge in [0, 0.05) is 24.0 Å². The van der Waals surface area contributed by atoms with Crippen LogP contribution in [0.5, 0.6) is 0 Å². The molecule has 0 atom stereocenters. The van der Waals surface area contributed by atoms with Crippen LogP contribution in [-0.2, 0) is 13.0 Å². The number of nitrogens with two attached hydrogens (primary N) is 1. The number of thiazole rings is 1. The maximum atomic E-state index is 5.54. The molecule has 1 aromatic carbocycles. The van der Waals surface area contributed by atoms with E-state index in [4.69, 9.17) is 5.73 Å². The van der Waals surface area contributed by atoms with Crippen LogP contribution in [0.25, 0.3) is 0 Å². The first kappa shape index (κ1) is 13.1. The summed E-state index contributed by atoms with van der Waals surface area (Å²) in [5.74, 6) is 0. The highest BCUT2D eigenvalue weighted by Crippen LogP contribution is 2.18. The maximum Gasteiger partial charge on any atom is 0.0941 e. The molecule has 0 bridgehead atoms. The number of aromatic nitrogens is 1. The molecule has 96 valence electrons. The molecule has 0 unspecified atom stereocenters. The van der Waals surface area contributed by atoms with Crippen LogP contribution in [0.1, 0.15) is 17.6 Å². The van der Waals surface area contributed by atoms with Crippen molar-refractivity contribution >= 4 is 17.0 Å². The van der Waals surface area contributed by atoms with Crippen LogP contribution in [-0.4, -0.2) is 18.1 Å². The summed E-state index contributed by atoms with van der Waals surface area (Å²) in [6, 6.07) is 10.4. The van der Waals surface area contributed by atoms with Gasteiger partial charge in [0.1, 0.15) is 0 Å². The molecule has 0 aliphatic carbocycles. The Morgan fingerprint density at radius 1 is 1.28 bits per heavy atom. The van der Waals surface area contributed by atoms with Gasteiger partial charge in [-0.2, -0.15) is 0 Å². The van der Waals surface area contributed by atoms with Crippen LogP contribution in [0.3, 0.4) is 0 Å². The topological polar surface area (TPSA) is 42.1 Å². The van der Waals surface area contributed by atoms with Crippen molar-refractivity contribution in [1.29, 1.82) is 0 Å². The average Bonchev–Trinajstić information content (AvgIpc) is 2.85. The van der Waals surface area contributed by atoms with E-state index in [0.29, 0.717) is 6.54 Å². The third-order valence-corrected chi connectivity index (χ3v) is 3.77. The first-order valence-electron chi connectivity index (χ1n) is 6.26. The zero-order valence-corrected chi connectivity index (χ0v) is 11.5. The standard InChI is InChI=1S/C14H19N3S/c1-2-17(13-6-4-3-5-7-13)10-12-11-18-14(16-12)8-9-15/h3-7,11H,2,8-10,15H2,1H3. The Bertz CT molecular complexity index is 467. The number of para-hydroxylation sites is 1. The Hall–Kier alpha value is -1.39. The molecule has 0 spiro atoms. The van der Waals surface area contributed by atoms with E-state index in [9.17, 15) is 0 Å². The largest absolute Gasteiger partial charge is 0.366 e. The Labute approximate surface area is 112 Å². The lowest BCUT2D eigenvalue weighted by Gasteiger charge is -2.21. The fourth-order valence-corrected chi connectivity index (χ4v) is 2.68. The summed E-state index contributed by atoms with van der Waals surface area (Å²) in [6.45, 7) is 4.68. The highest BCUT2D eigenvalue weighted by molar-refractivity contribution is 7.09. The molecule has 0 saturated carbocycles. The van der Waals surface area contributed by atoms with E-state index < -0.39 is 0 Å². The molecule has 3 nitrogen and oxygen atoms in total. The van der Waals surface area contributed by atoms with Crippen LogP contribution >= 0.6 is 11.3 Å². The van der Waals surface area contributed by atoms with Crippen molar-refractivity contribution in [2.75, 3.05) is 18.0 Å². The highest BCUT2D eigenvalue weighted by atomic mass is 32.1. The Morgan fingerprint density at radius 2 is 2.06 bits per heavy atom. The van der Waals surface area contributed by atoms with Crippen molar-refractivity contribution in [3.05, 3.63) is 46.4 Å². The summed E-state index contributed by atoms with van der Waals surface area (Å²) in [5.41, 5.74) is 7.92. The van der Waals surface area contributed by atoms with Crippen molar-refractivity contribution in [3.8, 4) is 0 Å². The molecule has 0 fully saturated rings. The van der Waals surface area contributed by atoms with Crippen molar-refractivity contribution in [2.24, 2.45) is 5.73 Å². The minimum Gasteiger partial charge on any atom is -0.366 e. The maximum absolute atomic E-state index is 5.54. The monoisotopic (exact) mass is 261 g/mol. The van der Waals surface area contributed by atoms with Gasteiger partial charge in [0.15, 0.2) is 0 Å². The van der Waals surface area contributed by atoms with Gasteiger partial charge in [0.25, 0.3) is 0 Å². The molecule has 0 radical (unpaired) electrons. The summed E-state index contributed by atoms with van der Waals surface area (Å²) in [5, 5.41) is 3.27. The first-order valence-corrected chi connectivity index (χ1v) is 7.14. The van der Waals surface area contributed by atoms with Gasteiger partial charge < -0.3 is 10.6 Å². The van der Waals surface area contributed by atoms with Crippen molar-refractivity contribution < 1.29 is 0 Å². The lowest BCUT2D eigenvalue weighted by molar-refractivity contribution is 0.807. The predicted octanol–water partition coefficient (Wildman–Crippen LogP) is 2.67. The predicted molar refractivity (Wildman–Crippen MR) is 78.0 cm³/mol. The number of hydrogen-bond acceptors (Lipinski definition) is 4. The van der Waals surface area contributed by atoms with E-state index in [2.05, 4.69) is 46.5 Å². The quantitative estimate of drug-likeness (QED) is 0.869. The van der Waals surface area contributed by atoms with Crippen LogP contribution in [0.4, 0.5) is 5.69 Å². The second-order valence-electron chi connectivity index (χ2n) is 4.12. The van der Waals surface area contributed by atoms with E-state index in [1.165, 1.54) is 5.69 Å². The normalized spacial score (nSPS) is 10.6.